The van der Waals surface area contributed by atoms with Crippen molar-refractivity contribution in [1.82, 2.24) is 9.78 Å². The molecule has 1 aromatic heterocycles. The van der Waals surface area contributed by atoms with Gasteiger partial charge in [0.15, 0.2) is 0 Å². The van der Waals surface area contributed by atoms with Crippen LogP contribution in [0.2, 0.25) is 0 Å². The molecular weight excluding hydrogens is 286 g/mol. The molecule has 0 fully saturated rings. The maximum atomic E-state index is 12.3. The number of hydrogen-bond acceptors (Lipinski definition) is 4. The number of benzene rings is 1. The molecular formula is C15H17N3O2S. The monoisotopic (exact) mass is 303 g/mol. The van der Waals surface area contributed by atoms with Gasteiger partial charge in [-0.15, -0.1) is 11.8 Å². The third-order valence-electron chi connectivity index (χ3n) is 2.89. The van der Waals surface area contributed by atoms with Gasteiger partial charge in [-0.25, -0.2) is 4.68 Å². The van der Waals surface area contributed by atoms with E-state index < -0.39 is 0 Å². The Balaban J connectivity index is 2.24. The summed E-state index contributed by atoms with van der Waals surface area (Å²) in [5, 5.41) is 6.93. The van der Waals surface area contributed by atoms with Gasteiger partial charge >= 0.3 is 0 Å². The highest BCUT2D eigenvalue weighted by molar-refractivity contribution is 7.98. The third-order valence-corrected chi connectivity index (χ3v) is 3.69. The lowest BCUT2D eigenvalue weighted by Gasteiger charge is -2.09. The molecule has 0 bridgehead atoms. The zero-order chi connectivity index (χ0) is 15.2. The smallest absolute Gasteiger partial charge is 0.276 e. The molecule has 0 spiro atoms. The fourth-order valence-corrected chi connectivity index (χ4v) is 2.43. The summed E-state index contributed by atoms with van der Waals surface area (Å²) in [7, 11) is 0. The van der Waals surface area contributed by atoms with Crippen molar-refractivity contribution in [2.75, 3.05) is 11.6 Å². The minimum absolute atomic E-state index is 0.196. The Hall–Kier alpha value is -2.08. The predicted octanol–water partition coefficient (Wildman–Crippen LogP) is 2.63. The van der Waals surface area contributed by atoms with Crippen molar-refractivity contribution in [2.24, 2.45) is 0 Å². The second-order valence-electron chi connectivity index (χ2n) is 4.43. The summed E-state index contributed by atoms with van der Waals surface area (Å²) in [6.07, 6.45) is 2.73. The maximum Gasteiger partial charge on any atom is 0.276 e. The van der Waals surface area contributed by atoms with Crippen molar-refractivity contribution in [3.8, 4) is 0 Å². The third kappa shape index (κ3) is 3.72. The molecule has 0 aliphatic rings. The second kappa shape index (κ2) is 7.08. The lowest BCUT2D eigenvalue weighted by Crippen LogP contribution is -2.26. The van der Waals surface area contributed by atoms with Crippen LogP contribution in [-0.2, 0) is 6.54 Å². The lowest BCUT2D eigenvalue weighted by atomic mass is 10.3. The number of rotatable bonds is 5. The zero-order valence-corrected chi connectivity index (χ0v) is 12.8. The van der Waals surface area contributed by atoms with Gasteiger partial charge in [-0.05, 0) is 30.9 Å². The Labute approximate surface area is 127 Å². The average Bonchev–Trinajstić information content (AvgIpc) is 2.50. The Bertz CT molecular complexity index is 697. The summed E-state index contributed by atoms with van der Waals surface area (Å²) in [4.78, 5) is 24.8. The number of thioether (sulfide) groups is 1. The van der Waals surface area contributed by atoms with E-state index in [1.54, 1.807) is 11.8 Å². The number of carbonyl (C=O) groups excluding carboxylic acids is 1. The van der Waals surface area contributed by atoms with Gasteiger partial charge in [0.25, 0.3) is 11.5 Å². The lowest BCUT2D eigenvalue weighted by molar-refractivity contribution is 0.101. The van der Waals surface area contributed by atoms with Gasteiger partial charge in [0.05, 0.1) is 5.69 Å². The molecule has 1 aromatic carbocycles. The molecule has 2 rings (SSSR count). The van der Waals surface area contributed by atoms with Gasteiger partial charge in [-0.2, -0.15) is 5.10 Å². The Kier molecular flexibility index (Phi) is 5.16. The molecule has 0 radical (unpaired) electrons. The van der Waals surface area contributed by atoms with Crippen LogP contribution in [0.3, 0.4) is 0 Å². The molecule has 1 N–H and O–H groups in total. The first-order valence-corrected chi connectivity index (χ1v) is 7.90. The van der Waals surface area contributed by atoms with Gasteiger partial charge < -0.3 is 5.32 Å². The van der Waals surface area contributed by atoms with E-state index in [4.69, 9.17) is 0 Å². The minimum Gasteiger partial charge on any atom is -0.320 e. The van der Waals surface area contributed by atoms with Crippen LogP contribution in [0.4, 0.5) is 5.69 Å². The molecule has 0 saturated carbocycles. The van der Waals surface area contributed by atoms with E-state index in [1.165, 1.54) is 16.8 Å². The summed E-state index contributed by atoms with van der Waals surface area (Å²) < 4.78 is 1.31. The van der Waals surface area contributed by atoms with Gasteiger partial charge in [-0.1, -0.05) is 19.1 Å². The molecule has 0 saturated heterocycles. The number of para-hydroxylation sites is 1. The summed E-state index contributed by atoms with van der Waals surface area (Å²) in [6.45, 7) is 2.46. The van der Waals surface area contributed by atoms with Crippen LogP contribution in [0.5, 0.6) is 0 Å². The SMILES string of the molecule is CCCn1nc(C(=O)Nc2ccccc2SC)ccc1=O. The Morgan fingerprint density at radius 2 is 2.05 bits per heavy atom. The number of carbonyl (C=O) groups is 1. The van der Waals surface area contributed by atoms with Crippen LogP contribution >= 0.6 is 11.8 Å². The van der Waals surface area contributed by atoms with E-state index in [2.05, 4.69) is 10.4 Å². The van der Waals surface area contributed by atoms with Crippen LogP contribution < -0.4 is 10.9 Å². The number of aryl methyl sites for hydroxylation is 1. The molecule has 1 amide bonds. The summed E-state index contributed by atoms with van der Waals surface area (Å²) >= 11 is 1.56. The first kappa shape index (κ1) is 15.3. The number of hydrogen-bond donors (Lipinski definition) is 1. The van der Waals surface area contributed by atoms with Crippen molar-refractivity contribution in [1.29, 1.82) is 0 Å². The highest BCUT2D eigenvalue weighted by Gasteiger charge is 2.11. The van der Waals surface area contributed by atoms with Gasteiger partial charge in [0.1, 0.15) is 5.69 Å². The van der Waals surface area contributed by atoms with E-state index in [1.807, 2.05) is 37.4 Å². The number of aromatic nitrogens is 2. The molecule has 6 heteroatoms. The van der Waals surface area contributed by atoms with Gasteiger partial charge in [0.2, 0.25) is 0 Å². The number of nitrogens with one attached hydrogen (secondary N) is 1. The van der Waals surface area contributed by atoms with Crippen LogP contribution in [0.1, 0.15) is 23.8 Å². The first-order valence-electron chi connectivity index (χ1n) is 6.68. The molecule has 0 aliphatic carbocycles. The van der Waals surface area contributed by atoms with E-state index in [0.717, 1.165) is 17.0 Å². The number of amides is 1. The molecule has 2 aromatic rings. The topological polar surface area (TPSA) is 64.0 Å². The van der Waals surface area contributed by atoms with Crippen molar-refractivity contribution in [2.45, 2.75) is 24.8 Å². The molecule has 0 aliphatic heterocycles. The highest BCUT2D eigenvalue weighted by atomic mass is 32.2. The molecule has 0 atom stereocenters. The first-order chi connectivity index (χ1) is 10.2. The highest BCUT2D eigenvalue weighted by Crippen LogP contribution is 2.24. The van der Waals surface area contributed by atoms with Crippen molar-refractivity contribution >= 4 is 23.4 Å². The van der Waals surface area contributed by atoms with Crippen molar-refractivity contribution < 1.29 is 4.79 Å². The molecule has 5 nitrogen and oxygen atoms in total. The van der Waals surface area contributed by atoms with Crippen LogP contribution in [0.25, 0.3) is 0 Å². The number of nitrogens with zero attached hydrogens (tertiary/aromatic N) is 2. The summed E-state index contributed by atoms with van der Waals surface area (Å²) in [5.74, 6) is -0.318. The van der Waals surface area contributed by atoms with Crippen molar-refractivity contribution in [3.05, 3.63) is 52.4 Å². The van der Waals surface area contributed by atoms with E-state index >= 15 is 0 Å². The predicted molar refractivity (Wildman–Crippen MR) is 85.0 cm³/mol. The Morgan fingerprint density at radius 1 is 1.29 bits per heavy atom. The maximum absolute atomic E-state index is 12.3. The van der Waals surface area contributed by atoms with Gasteiger partial charge in [-0.3, -0.25) is 9.59 Å². The molecule has 0 unspecified atom stereocenters. The summed E-state index contributed by atoms with van der Waals surface area (Å²) in [5.41, 5.74) is 0.780. The zero-order valence-electron chi connectivity index (χ0n) is 12.0. The largest absolute Gasteiger partial charge is 0.320 e. The van der Waals surface area contributed by atoms with Gasteiger partial charge in [0, 0.05) is 17.5 Å². The molecule has 21 heavy (non-hydrogen) atoms. The standard InChI is InChI=1S/C15H17N3O2S/c1-3-10-18-14(19)9-8-12(17-18)15(20)16-11-6-4-5-7-13(11)21-2/h4-9H,3,10H2,1-2H3,(H,16,20). The number of anilines is 1. The fraction of sp³-hybridized carbons (Fsp3) is 0.267. The second-order valence-corrected chi connectivity index (χ2v) is 5.28. The van der Waals surface area contributed by atoms with E-state index in [9.17, 15) is 9.59 Å². The minimum atomic E-state index is -0.318. The summed E-state index contributed by atoms with van der Waals surface area (Å²) in [6, 6.07) is 10.4. The quantitative estimate of drug-likeness (QED) is 0.862. The van der Waals surface area contributed by atoms with Crippen LogP contribution in [-0.4, -0.2) is 21.9 Å². The Morgan fingerprint density at radius 3 is 2.76 bits per heavy atom. The normalized spacial score (nSPS) is 10.4. The molecule has 1 heterocycles. The average molecular weight is 303 g/mol. The fourth-order valence-electron chi connectivity index (χ4n) is 1.88. The van der Waals surface area contributed by atoms with Crippen LogP contribution in [0, 0.1) is 0 Å². The van der Waals surface area contributed by atoms with Crippen molar-refractivity contribution in [3.63, 3.8) is 0 Å². The molecule has 110 valence electrons. The van der Waals surface area contributed by atoms with Crippen LogP contribution in [0.15, 0.2) is 46.1 Å². The van der Waals surface area contributed by atoms with E-state index in [0.29, 0.717) is 6.54 Å². The van der Waals surface area contributed by atoms with E-state index in [-0.39, 0.29) is 17.2 Å².